The van der Waals surface area contributed by atoms with Gasteiger partial charge in [0.05, 0.1) is 10.6 Å². The zero-order valence-corrected chi connectivity index (χ0v) is 15.7. The van der Waals surface area contributed by atoms with Crippen LogP contribution in [-0.4, -0.2) is 20.9 Å². The molecule has 0 fully saturated rings. The zero-order chi connectivity index (χ0) is 19.3. The van der Waals surface area contributed by atoms with Crippen LogP contribution >= 0.6 is 0 Å². The molecule has 0 aliphatic heterocycles. The Morgan fingerprint density at radius 2 is 1.52 bits per heavy atom. The molecular weight excluding hydrogens is 360 g/mol. The maximum absolute atomic E-state index is 13.1. The van der Waals surface area contributed by atoms with Crippen LogP contribution in [0.3, 0.4) is 0 Å². The van der Waals surface area contributed by atoms with Crippen molar-refractivity contribution in [3.8, 4) is 0 Å². The first kappa shape index (κ1) is 18.7. The van der Waals surface area contributed by atoms with E-state index >= 15 is 0 Å². The third-order valence-electron chi connectivity index (χ3n) is 3.96. The highest BCUT2D eigenvalue weighted by molar-refractivity contribution is 7.92. The SMILES string of the molecule is Cc1cccc(NC(=O)CN(c2ccccc2)S(=O)(=O)c2ccccc2)c1. The number of para-hydroxylation sites is 1. The number of rotatable bonds is 6. The summed E-state index contributed by atoms with van der Waals surface area (Å²) in [5.74, 6) is -0.413. The Morgan fingerprint density at radius 1 is 0.889 bits per heavy atom. The number of sulfonamides is 1. The summed E-state index contributed by atoms with van der Waals surface area (Å²) in [6.45, 7) is 1.60. The molecule has 0 saturated carbocycles. The van der Waals surface area contributed by atoms with Gasteiger partial charge in [-0.1, -0.05) is 48.5 Å². The monoisotopic (exact) mass is 380 g/mol. The van der Waals surface area contributed by atoms with Crippen LogP contribution in [-0.2, 0) is 14.8 Å². The van der Waals surface area contributed by atoms with Gasteiger partial charge in [0.25, 0.3) is 10.0 Å². The third-order valence-corrected chi connectivity index (χ3v) is 5.75. The van der Waals surface area contributed by atoms with E-state index in [4.69, 9.17) is 0 Å². The molecule has 0 atom stereocenters. The highest BCUT2D eigenvalue weighted by Gasteiger charge is 2.26. The minimum absolute atomic E-state index is 0.136. The number of anilines is 2. The summed E-state index contributed by atoms with van der Waals surface area (Å²) >= 11 is 0. The van der Waals surface area contributed by atoms with E-state index in [0.29, 0.717) is 11.4 Å². The van der Waals surface area contributed by atoms with Gasteiger partial charge in [0, 0.05) is 5.69 Å². The fraction of sp³-hybridized carbons (Fsp3) is 0.0952. The first-order chi connectivity index (χ1) is 13.0. The van der Waals surface area contributed by atoms with Gasteiger partial charge in [-0.15, -0.1) is 0 Å². The quantitative estimate of drug-likeness (QED) is 0.707. The van der Waals surface area contributed by atoms with E-state index < -0.39 is 15.9 Å². The molecule has 0 aromatic heterocycles. The molecule has 0 saturated heterocycles. The van der Waals surface area contributed by atoms with Crippen LogP contribution < -0.4 is 9.62 Å². The van der Waals surface area contributed by atoms with E-state index in [1.807, 2.05) is 25.1 Å². The number of hydrogen-bond donors (Lipinski definition) is 1. The summed E-state index contributed by atoms with van der Waals surface area (Å²) in [6, 6.07) is 24.1. The van der Waals surface area contributed by atoms with Crippen LogP contribution in [0, 0.1) is 6.92 Å². The van der Waals surface area contributed by atoms with Gasteiger partial charge in [-0.05, 0) is 48.9 Å². The van der Waals surface area contributed by atoms with E-state index in [0.717, 1.165) is 9.87 Å². The van der Waals surface area contributed by atoms with Crippen LogP contribution in [0.25, 0.3) is 0 Å². The molecule has 3 aromatic carbocycles. The Hall–Kier alpha value is -3.12. The lowest BCUT2D eigenvalue weighted by Crippen LogP contribution is -2.38. The molecule has 5 nitrogen and oxygen atoms in total. The van der Waals surface area contributed by atoms with Crippen molar-refractivity contribution in [1.29, 1.82) is 0 Å². The smallest absolute Gasteiger partial charge is 0.264 e. The fourth-order valence-corrected chi connectivity index (χ4v) is 4.12. The molecule has 6 heteroatoms. The molecule has 0 aliphatic carbocycles. The first-order valence-electron chi connectivity index (χ1n) is 8.46. The van der Waals surface area contributed by atoms with Crippen molar-refractivity contribution in [1.82, 2.24) is 0 Å². The maximum Gasteiger partial charge on any atom is 0.264 e. The van der Waals surface area contributed by atoms with Crippen LogP contribution in [0.4, 0.5) is 11.4 Å². The number of hydrogen-bond acceptors (Lipinski definition) is 3. The summed E-state index contributed by atoms with van der Waals surface area (Å²) in [5, 5.41) is 2.76. The second-order valence-corrected chi connectivity index (χ2v) is 7.94. The molecule has 0 bridgehead atoms. The average molecular weight is 380 g/mol. The number of nitrogens with zero attached hydrogens (tertiary/aromatic N) is 1. The summed E-state index contributed by atoms with van der Waals surface area (Å²) in [4.78, 5) is 12.7. The Labute approximate surface area is 159 Å². The molecule has 0 aliphatic rings. The standard InChI is InChI=1S/C21H20N2O3S/c1-17-9-8-10-18(15-17)22-21(24)16-23(19-11-4-2-5-12-19)27(25,26)20-13-6-3-7-14-20/h2-15H,16H2,1H3,(H,22,24). The average Bonchev–Trinajstić information content (AvgIpc) is 2.67. The molecule has 3 rings (SSSR count). The van der Waals surface area contributed by atoms with E-state index in [1.165, 1.54) is 12.1 Å². The van der Waals surface area contributed by atoms with E-state index in [9.17, 15) is 13.2 Å². The van der Waals surface area contributed by atoms with Crippen LogP contribution in [0.5, 0.6) is 0 Å². The van der Waals surface area contributed by atoms with Crippen molar-refractivity contribution < 1.29 is 13.2 Å². The third kappa shape index (κ3) is 4.54. The summed E-state index contributed by atoms with van der Waals surface area (Å²) in [6.07, 6.45) is 0. The van der Waals surface area contributed by atoms with Crippen molar-refractivity contribution in [3.05, 3.63) is 90.5 Å². The second-order valence-electron chi connectivity index (χ2n) is 6.08. The Kier molecular flexibility index (Phi) is 5.57. The van der Waals surface area contributed by atoms with Gasteiger partial charge >= 0.3 is 0 Å². The van der Waals surface area contributed by atoms with E-state index in [2.05, 4.69) is 5.32 Å². The van der Waals surface area contributed by atoms with Crippen LogP contribution in [0.1, 0.15) is 5.56 Å². The summed E-state index contributed by atoms with van der Waals surface area (Å²) in [5.41, 5.74) is 2.07. The topological polar surface area (TPSA) is 66.5 Å². The molecule has 138 valence electrons. The van der Waals surface area contributed by atoms with Gasteiger partial charge in [-0.2, -0.15) is 0 Å². The molecule has 27 heavy (non-hydrogen) atoms. The van der Waals surface area contributed by atoms with Gasteiger partial charge in [0.1, 0.15) is 6.54 Å². The van der Waals surface area contributed by atoms with Gasteiger partial charge < -0.3 is 5.32 Å². The number of carbonyl (C=O) groups is 1. The molecule has 1 N–H and O–H groups in total. The van der Waals surface area contributed by atoms with Crippen LogP contribution in [0.2, 0.25) is 0 Å². The van der Waals surface area contributed by atoms with Crippen molar-refractivity contribution in [2.24, 2.45) is 0 Å². The second kappa shape index (κ2) is 8.05. The maximum atomic E-state index is 13.1. The normalized spacial score (nSPS) is 11.0. The van der Waals surface area contributed by atoms with Gasteiger partial charge in [-0.25, -0.2) is 8.42 Å². The molecule has 0 spiro atoms. The predicted molar refractivity (Wildman–Crippen MR) is 107 cm³/mol. The number of benzene rings is 3. The molecule has 0 unspecified atom stereocenters. The Bertz CT molecular complexity index is 1020. The lowest BCUT2D eigenvalue weighted by atomic mass is 10.2. The molecule has 1 amide bonds. The Balaban J connectivity index is 1.90. The summed E-state index contributed by atoms with van der Waals surface area (Å²) < 4.78 is 27.4. The largest absolute Gasteiger partial charge is 0.325 e. The molecule has 0 heterocycles. The van der Waals surface area contributed by atoms with Crippen molar-refractivity contribution in [3.63, 3.8) is 0 Å². The first-order valence-corrected chi connectivity index (χ1v) is 9.90. The van der Waals surface area contributed by atoms with Gasteiger partial charge in [0.2, 0.25) is 5.91 Å². The van der Waals surface area contributed by atoms with Gasteiger partial charge in [-0.3, -0.25) is 9.10 Å². The van der Waals surface area contributed by atoms with Crippen molar-refractivity contribution >= 4 is 27.3 Å². The molecule has 0 radical (unpaired) electrons. The van der Waals surface area contributed by atoms with Gasteiger partial charge in [0.15, 0.2) is 0 Å². The highest BCUT2D eigenvalue weighted by Crippen LogP contribution is 2.23. The number of carbonyl (C=O) groups excluding carboxylic acids is 1. The number of amides is 1. The number of nitrogens with one attached hydrogen (secondary N) is 1. The zero-order valence-electron chi connectivity index (χ0n) is 14.9. The predicted octanol–water partition coefficient (Wildman–Crippen LogP) is 3.83. The molecule has 3 aromatic rings. The van der Waals surface area contributed by atoms with Crippen molar-refractivity contribution in [2.75, 3.05) is 16.2 Å². The Morgan fingerprint density at radius 3 is 2.15 bits per heavy atom. The van der Waals surface area contributed by atoms with E-state index in [-0.39, 0.29) is 11.4 Å². The molecular formula is C21H20N2O3S. The van der Waals surface area contributed by atoms with Crippen molar-refractivity contribution in [2.45, 2.75) is 11.8 Å². The minimum Gasteiger partial charge on any atom is -0.325 e. The summed E-state index contributed by atoms with van der Waals surface area (Å²) in [7, 11) is -3.88. The highest BCUT2D eigenvalue weighted by atomic mass is 32.2. The number of aryl methyl sites for hydroxylation is 1. The van der Waals surface area contributed by atoms with Crippen LogP contribution in [0.15, 0.2) is 89.8 Å². The lowest BCUT2D eigenvalue weighted by molar-refractivity contribution is -0.114. The van der Waals surface area contributed by atoms with E-state index in [1.54, 1.807) is 54.6 Å². The minimum atomic E-state index is -3.88. The fourth-order valence-electron chi connectivity index (χ4n) is 2.68. The lowest BCUT2D eigenvalue weighted by Gasteiger charge is -2.24.